The smallest absolute Gasteiger partial charge is 0.335 e. The highest BCUT2D eigenvalue weighted by molar-refractivity contribution is 5.92. The highest BCUT2D eigenvalue weighted by atomic mass is 16.4. The molecule has 1 aliphatic rings. The molecule has 4 nitrogen and oxygen atoms in total. The van der Waals surface area contributed by atoms with Gasteiger partial charge in [-0.1, -0.05) is 35.9 Å². The number of aryl methyl sites for hydroxylation is 1. The minimum Gasteiger partial charge on any atom is -0.478 e. The average Bonchev–Trinajstić information content (AvgIpc) is 3.44. The van der Waals surface area contributed by atoms with E-state index in [-0.39, 0.29) is 16.9 Å². The molecule has 4 heteroatoms. The first-order valence-electron chi connectivity index (χ1n) is 9.00. The predicted molar refractivity (Wildman–Crippen MR) is 105 cm³/mol. The Bertz CT molecular complexity index is 1120. The first-order valence-corrected chi connectivity index (χ1v) is 9.00. The lowest BCUT2D eigenvalue weighted by Crippen LogP contribution is -2.13. The van der Waals surface area contributed by atoms with Gasteiger partial charge in [-0.3, -0.25) is 4.79 Å². The SMILES string of the molecule is C=CCc1c(C2CC2c2cccc(C)c2)oc2ccc(C(=O)O)cc2c1=O. The van der Waals surface area contributed by atoms with Gasteiger partial charge in [0.25, 0.3) is 0 Å². The number of carbonyl (C=O) groups is 1. The second-order valence-corrected chi connectivity index (χ2v) is 7.15. The quantitative estimate of drug-likeness (QED) is 0.664. The van der Waals surface area contributed by atoms with Crippen molar-refractivity contribution < 1.29 is 14.3 Å². The van der Waals surface area contributed by atoms with Crippen molar-refractivity contribution in [2.45, 2.75) is 31.6 Å². The fourth-order valence-electron chi connectivity index (χ4n) is 3.78. The van der Waals surface area contributed by atoms with E-state index in [1.165, 1.54) is 23.3 Å². The summed E-state index contributed by atoms with van der Waals surface area (Å²) in [6, 6.07) is 12.8. The van der Waals surface area contributed by atoms with E-state index >= 15 is 0 Å². The number of fused-ring (bicyclic) bond motifs is 1. The van der Waals surface area contributed by atoms with Gasteiger partial charge in [0.15, 0.2) is 5.43 Å². The fraction of sp³-hybridized carbons (Fsp3) is 0.217. The molecular weight excluding hydrogens is 340 g/mol. The van der Waals surface area contributed by atoms with Crippen molar-refractivity contribution >= 4 is 16.9 Å². The average molecular weight is 360 g/mol. The van der Waals surface area contributed by atoms with Crippen LogP contribution in [0.4, 0.5) is 0 Å². The number of aromatic carboxylic acids is 1. The van der Waals surface area contributed by atoms with Crippen molar-refractivity contribution in [1.82, 2.24) is 0 Å². The fourth-order valence-corrected chi connectivity index (χ4v) is 3.78. The molecule has 0 radical (unpaired) electrons. The largest absolute Gasteiger partial charge is 0.478 e. The van der Waals surface area contributed by atoms with Gasteiger partial charge in [-0.05, 0) is 49.4 Å². The molecule has 1 aliphatic carbocycles. The van der Waals surface area contributed by atoms with E-state index in [0.717, 1.165) is 6.42 Å². The van der Waals surface area contributed by atoms with Crippen LogP contribution in [0, 0.1) is 6.92 Å². The maximum Gasteiger partial charge on any atom is 0.335 e. The highest BCUT2D eigenvalue weighted by Gasteiger charge is 2.43. The normalized spacial score (nSPS) is 18.4. The van der Waals surface area contributed by atoms with Crippen LogP contribution in [0.5, 0.6) is 0 Å². The van der Waals surface area contributed by atoms with Gasteiger partial charge in [-0.25, -0.2) is 4.79 Å². The lowest BCUT2D eigenvalue weighted by molar-refractivity contribution is 0.0697. The molecule has 0 amide bonds. The summed E-state index contributed by atoms with van der Waals surface area (Å²) in [6.45, 7) is 5.83. The Labute approximate surface area is 156 Å². The van der Waals surface area contributed by atoms with Gasteiger partial charge in [0, 0.05) is 11.5 Å². The lowest BCUT2D eigenvalue weighted by atomic mass is 10.0. The number of rotatable bonds is 5. The zero-order chi connectivity index (χ0) is 19.1. The molecule has 1 heterocycles. The van der Waals surface area contributed by atoms with Crippen LogP contribution in [0.1, 0.15) is 51.1 Å². The van der Waals surface area contributed by atoms with E-state index in [9.17, 15) is 14.7 Å². The third-order valence-electron chi connectivity index (χ3n) is 5.21. The molecule has 1 fully saturated rings. The van der Waals surface area contributed by atoms with Crippen LogP contribution in [-0.4, -0.2) is 11.1 Å². The first-order chi connectivity index (χ1) is 13.0. The number of hydrogen-bond donors (Lipinski definition) is 1. The maximum atomic E-state index is 13.0. The molecule has 3 aromatic rings. The van der Waals surface area contributed by atoms with Crippen LogP contribution >= 0.6 is 0 Å². The van der Waals surface area contributed by atoms with Gasteiger partial charge in [-0.15, -0.1) is 6.58 Å². The van der Waals surface area contributed by atoms with E-state index in [0.29, 0.717) is 34.6 Å². The second-order valence-electron chi connectivity index (χ2n) is 7.15. The molecule has 2 atom stereocenters. The van der Waals surface area contributed by atoms with E-state index in [1.807, 2.05) is 0 Å². The van der Waals surface area contributed by atoms with Crippen LogP contribution in [0.15, 0.2) is 64.3 Å². The predicted octanol–water partition coefficient (Wildman–Crippen LogP) is 4.80. The van der Waals surface area contributed by atoms with Crippen LogP contribution < -0.4 is 5.43 Å². The Morgan fingerprint density at radius 2 is 2.07 bits per heavy atom. The molecule has 0 saturated heterocycles. The minimum absolute atomic E-state index is 0.0798. The van der Waals surface area contributed by atoms with Crippen molar-refractivity contribution in [2.24, 2.45) is 0 Å². The van der Waals surface area contributed by atoms with Crippen molar-refractivity contribution in [3.05, 3.63) is 93.4 Å². The molecule has 136 valence electrons. The lowest BCUT2D eigenvalue weighted by Gasteiger charge is -2.10. The molecular formula is C23H20O4. The van der Waals surface area contributed by atoms with Crippen molar-refractivity contribution in [2.75, 3.05) is 0 Å². The number of allylic oxidation sites excluding steroid dienone is 1. The highest BCUT2D eigenvalue weighted by Crippen LogP contribution is 2.55. The summed E-state index contributed by atoms with van der Waals surface area (Å²) in [4.78, 5) is 24.3. The minimum atomic E-state index is -1.06. The van der Waals surface area contributed by atoms with E-state index in [4.69, 9.17) is 4.42 Å². The van der Waals surface area contributed by atoms with Crippen molar-refractivity contribution in [3.8, 4) is 0 Å². The summed E-state index contributed by atoms with van der Waals surface area (Å²) >= 11 is 0. The number of benzene rings is 2. The molecule has 2 aromatic carbocycles. The zero-order valence-electron chi connectivity index (χ0n) is 15.1. The molecule has 1 N–H and O–H groups in total. The molecule has 0 spiro atoms. The van der Waals surface area contributed by atoms with Crippen LogP contribution in [-0.2, 0) is 6.42 Å². The summed E-state index contributed by atoms with van der Waals surface area (Å²) < 4.78 is 6.13. The molecule has 1 saturated carbocycles. The molecule has 27 heavy (non-hydrogen) atoms. The molecule has 4 rings (SSSR count). The topological polar surface area (TPSA) is 67.5 Å². The van der Waals surface area contributed by atoms with Crippen molar-refractivity contribution in [1.29, 1.82) is 0 Å². The first kappa shape index (κ1) is 17.3. The number of hydrogen-bond acceptors (Lipinski definition) is 3. The van der Waals surface area contributed by atoms with E-state index in [2.05, 4.69) is 37.8 Å². The summed E-state index contributed by atoms with van der Waals surface area (Å²) in [6.07, 6.45) is 3.03. The number of carboxylic acids is 1. The van der Waals surface area contributed by atoms with Gasteiger partial charge in [0.1, 0.15) is 11.3 Å². The summed E-state index contributed by atoms with van der Waals surface area (Å²) in [5.41, 5.74) is 3.40. The van der Waals surface area contributed by atoms with Gasteiger partial charge >= 0.3 is 5.97 Å². The maximum absolute atomic E-state index is 13.0. The van der Waals surface area contributed by atoms with Crippen molar-refractivity contribution in [3.63, 3.8) is 0 Å². The molecule has 2 unspecified atom stereocenters. The summed E-state index contributed by atoms with van der Waals surface area (Å²) in [7, 11) is 0. The zero-order valence-corrected chi connectivity index (χ0v) is 15.1. The van der Waals surface area contributed by atoms with Crippen LogP contribution in [0.3, 0.4) is 0 Å². The van der Waals surface area contributed by atoms with Gasteiger partial charge in [0.05, 0.1) is 10.9 Å². The van der Waals surface area contributed by atoms with Gasteiger partial charge < -0.3 is 9.52 Å². The monoisotopic (exact) mass is 360 g/mol. The third-order valence-corrected chi connectivity index (χ3v) is 5.21. The Morgan fingerprint density at radius 1 is 1.26 bits per heavy atom. The van der Waals surface area contributed by atoms with Crippen LogP contribution in [0.25, 0.3) is 11.0 Å². The second kappa shape index (κ2) is 6.54. The van der Waals surface area contributed by atoms with Gasteiger partial charge in [-0.2, -0.15) is 0 Å². The molecule has 0 bridgehead atoms. The molecule has 0 aliphatic heterocycles. The number of carboxylic acid groups (broad SMARTS) is 1. The van der Waals surface area contributed by atoms with E-state index in [1.54, 1.807) is 12.1 Å². The standard InChI is InChI=1S/C23H20O4/c1-3-5-16-21(24)19-11-15(23(25)26)8-9-20(19)27-22(16)18-12-17(18)14-7-4-6-13(2)10-14/h3-4,6-11,17-18H,1,5,12H2,2H3,(H,25,26). The Balaban J connectivity index is 1.82. The van der Waals surface area contributed by atoms with Crippen LogP contribution in [0.2, 0.25) is 0 Å². The Kier molecular flexibility index (Phi) is 4.19. The molecule has 1 aromatic heterocycles. The van der Waals surface area contributed by atoms with Gasteiger partial charge in [0.2, 0.25) is 0 Å². The Hall–Kier alpha value is -3.14. The van der Waals surface area contributed by atoms with E-state index < -0.39 is 5.97 Å². The summed E-state index contributed by atoms with van der Waals surface area (Å²) in [5.74, 6) is 0.152. The Morgan fingerprint density at radius 3 is 2.78 bits per heavy atom. The third kappa shape index (κ3) is 3.08. The summed E-state index contributed by atoms with van der Waals surface area (Å²) in [5, 5.41) is 9.50.